The van der Waals surface area contributed by atoms with E-state index in [1.165, 1.54) is 0 Å². The highest BCUT2D eigenvalue weighted by atomic mass is 35.5. The highest BCUT2D eigenvalue weighted by Gasteiger charge is 2.30. The molecule has 5 heteroatoms. The van der Waals surface area contributed by atoms with Crippen LogP contribution >= 0.6 is 11.6 Å². The second-order valence-corrected chi connectivity index (χ2v) is 8.29. The molecule has 0 aliphatic heterocycles. The van der Waals surface area contributed by atoms with Crippen molar-refractivity contribution < 1.29 is 9.59 Å². The van der Waals surface area contributed by atoms with Crippen molar-refractivity contribution in [3.63, 3.8) is 0 Å². The molecule has 1 atom stereocenters. The fraction of sp³-hybridized carbons (Fsp3) is 0.259. The summed E-state index contributed by atoms with van der Waals surface area (Å²) in [5.41, 5.74) is 3.85. The minimum Gasteiger partial charge on any atom is -0.355 e. The molecule has 0 saturated carbocycles. The Balaban J connectivity index is 1.96. The van der Waals surface area contributed by atoms with Gasteiger partial charge < -0.3 is 10.2 Å². The number of hydrogen-bond acceptors (Lipinski definition) is 2. The molecule has 0 spiro atoms. The maximum Gasteiger partial charge on any atom is 0.243 e. The molecular weight excluding hydrogens is 420 g/mol. The zero-order valence-corrected chi connectivity index (χ0v) is 19.3. The number of nitrogens with one attached hydrogen (secondary N) is 1. The van der Waals surface area contributed by atoms with Gasteiger partial charge in [-0.05, 0) is 36.6 Å². The number of amides is 2. The number of halogens is 1. The summed E-state index contributed by atoms with van der Waals surface area (Å²) in [5, 5.41) is 3.46. The van der Waals surface area contributed by atoms with Crippen molar-refractivity contribution in [2.45, 2.75) is 39.3 Å². The topological polar surface area (TPSA) is 49.4 Å². The molecule has 2 amide bonds. The van der Waals surface area contributed by atoms with Gasteiger partial charge in [0.25, 0.3) is 0 Å². The molecule has 4 nitrogen and oxygen atoms in total. The van der Waals surface area contributed by atoms with Gasteiger partial charge in [-0.1, -0.05) is 90.0 Å². The normalized spacial score (nSPS) is 11.6. The van der Waals surface area contributed by atoms with E-state index in [9.17, 15) is 9.59 Å². The third-order valence-corrected chi connectivity index (χ3v) is 5.73. The molecule has 0 heterocycles. The Labute approximate surface area is 195 Å². The third-order valence-electron chi connectivity index (χ3n) is 5.36. The van der Waals surface area contributed by atoms with E-state index in [4.69, 9.17) is 11.6 Å². The summed E-state index contributed by atoms with van der Waals surface area (Å²) < 4.78 is 0. The van der Waals surface area contributed by atoms with Gasteiger partial charge in [0, 0.05) is 24.5 Å². The molecule has 0 unspecified atom stereocenters. The fourth-order valence-corrected chi connectivity index (χ4v) is 3.96. The lowest BCUT2D eigenvalue weighted by molar-refractivity contribution is -0.140. The highest BCUT2D eigenvalue weighted by Crippen LogP contribution is 2.20. The average molecular weight is 449 g/mol. The third kappa shape index (κ3) is 6.44. The summed E-state index contributed by atoms with van der Waals surface area (Å²) >= 11 is 6.33. The Bertz CT molecular complexity index is 1050. The van der Waals surface area contributed by atoms with E-state index in [0.717, 1.165) is 22.3 Å². The molecule has 166 valence electrons. The lowest BCUT2D eigenvalue weighted by Gasteiger charge is -2.31. The van der Waals surface area contributed by atoms with Crippen molar-refractivity contribution in [3.05, 3.63) is 106 Å². The van der Waals surface area contributed by atoms with Crippen LogP contribution in [0, 0.1) is 6.92 Å². The Morgan fingerprint density at radius 3 is 2.31 bits per heavy atom. The smallest absolute Gasteiger partial charge is 0.243 e. The maximum absolute atomic E-state index is 13.6. The van der Waals surface area contributed by atoms with Crippen LogP contribution in [0.4, 0.5) is 0 Å². The molecule has 3 rings (SSSR count). The maximum atomic E-state index is 13.6. The molecule has 32 heavy (non-hydrogen) atoms. The molecule has 3 aromatic carbocycles. The largest absolute Gasteiger partial charge is 0.355 e. The molecular formula is C27H29ClN2O2. The predicted molar refractivity (Wildman–Crippen MR) is 130 cm³/mol. The van der Waals surface area contributed by atoms with Crippen LogP contribution in [0.2, 0.25) is 5.02 Å². The van der Waals surface area contributed by atoms with Crippen molar-refractivity contribution in [2.75, 3.05) is 6.54 Å². The number of hydrogen-bond donors (Lipinski definition) is 1. The van der Waals surface area contributed by atoms with E-state index in [0.29, 0.717) is 24.5 Å². The molecule has 0 saturated heterocycles. The molecule has 3 aromatic rings. The minimum atomic E-state index is -0.632. The van der Waals surface area contributed by atoms with Gasteiger partial charge in [0.05, 0.1) is 6.42 Å². The van der Waals surface area contributed by atoms with E-state index < -0.39 is 6.04 Å². The molecule has 0 fully saturated rings. The van der Waals surface area contributed by atoms with Gasteiger partial charge in [0.1, 0.15) is 6.04 Å². The average Bonchev–Trinajstić information content (AvgIpc) is 2.78. The second-order valence-electron chi connectivity index (χ2n) is 7.88. The van der Waals surface area contributed by atoms with Gasteiger partial charge in [0.15, 0.2) is 0 Å². The van der Waals surface area contributed by atoms with Gasteiger partial charge in [-0.25, -0.2) is 0 Å². The quantitative estimate of drug-likeness (QED) is 0.502. The van der Waals surface area contributed by atoms with Crippen LogP contribution in [0.5, 0.6) is 0 Å². The highest BCUT2D eigenvalue weighted by molar-refractivity contribution is 6.31. The predicted octanol–water partition coefficient (Wildman–Crippen LogP) is 4.97. The van der Waals surface area contributed by atoms with Crippen LogP contribution in [0.15, 0.2) is 78.9 Å². The SMILES string of the molecule is CCNC(=O)[C@H](Cc1ccccc1)N(Cc1cccc(C)c1)C(=O)Cc1ccccc1Cl. The van der Waals surface area contributed by atoms with Crippen LogP contribution in [-0.2, 0) is 29.0 Å². The first-order chi connectivity index (χ1) is 15.5. The Kier molecular flexibility index (Phi) is 8.46. The monoisotopic (exact) mass is 448 g/mol. The van der Waals surface area contributed by atoms with Gasteiger partial charge >= 0.3 is 0 Å². The number of carbonyl (C=O) groups excluding carboxylic acids is 2. The first kappa shape index (κ1) is 23.6. The molecule has 0 radical (unpaired) electrons. The van der Waals surface area contributed by atoms with E-state index in [2.05, 4.69) is 5.32 Å². The Morgan fingerprint density at radius 2 is 1.62 bits per heavy atom. The number of nitrogens with zero attached hydrogens (tertiary/aromatic N) is 1. The lowest BCUT2D eigenvalue weighted by Crippen LogP contribution is -2.51. The standard InChI is InChI=1S/C27H29ClN2O2/c1-3-29-27(32)25(17-21-11-5-4-6-12-21)30(19-22-13-9-10-20(2)16-22)26(31)18-23-14-7-8-15-24(23)28/h4-16,25H,3,17-19H2,1-2H3,(H,29,32)/t25-/m0/s1. The second kappa shape index (κ2) is 11.5. The first-order valence-corrected chi connectivity index (χ1v) is 11.3. The summed E-state index contributed by atoms with van der Waals surface area (Å²) in [5.74, 6) is -0.289. The zero-order chi connectivity index (χ0) is 22.9. The molecule has 1 N–H and O–H groups in total. The Morgan fingerprint density at radius 1 is 0.938 bits per heavy atom. The van der Waals surface area contributed by atoms with E-state index in [1.54, 1.807) is 11.0 Å². The van der Waals surface area contributed by atoms with Crippen molar-refractivity contribution in [1.82, 2.24) is 10.2 Å². The number of rotatable bonds is 9. The van der Waals surface area contributed by atoms with Crippen LogP contribution in [0.1, 0.15) is 29.2 Å². The van der Waals surface area contributed by atoms with E-state index in [-0.39, 0.29) is 18.2 Å². The van der Waals surface area contributed by atoms with Gasteiger partial charge in [-0.2, -0.15) is 0 Å². The Hall–Kier alpha value is -3.11. The molecule has 0 bridgehead atoms. The van der Waals surface area contributed by atoms with Crippen LogP contribution in [0.25, 0.3) is 0 Å². The molecule has 0 aliphatic carbocycles. The van der Waals surface area contributed by atoms with Crippen LogP contribution in [0.3, 0.4) is 0 Å². The summed E-state index contributed by atoms with van der Waals surface area (Å²) in [6, 6.07) is 24.5. The van der Waals surface area contributed by atoms with Crippen molar-refractivity contribution in [2.24, 2.45) is 0 Å². The fourth-order valence-electron chi connectivity index (χ4n) is 3.76. The summed E-state index contributed by atoms with van der Waals surface area (Å²) in [6.07, 6.45) is 0.572. The molecule has 0 aliphatic rings. The molecule has 0 aromatic heterocycles. The van der Waals surface area contributed by atoms with Gasteiger partial charge in [-0.15, -0.1) is 0 Å². The van der Waals surface area contributed by atoms with E-state index in [1.807, 2.05) is 86.6 Å². The summed E-state index contributed by atoms with van der Waals surface area (Å²) in [6.45, 7) is 4.75. The van der Waals surface area contributed by atoms with E-state index >= 15 is 0 Å². The van der Waals surface area contributed by atoms with Crippen LogP contribution in [-0.4, -0.2) is 29.3 Å². The van der Waals surface area contributed by atoms with Gasteiger partial charge in [-0.3, -0.25) is 9.59 Å². The number of likely N-dealkylation sites (N-methyl/N-ethyl adjacent to an activating group) is 1. The number of aryl methyl sites for hydroxylation is 1. The van der Waals surface area contributed by atoms with Crippen molar-refractivity contribution in [1.29, 1.82) is 0 Å². The number of benzene rings is 3. The van der Waals surface area contributed by atoms with Gasteiger partial charge in [0.2, 0.25) is 11.8 Å². The zero-order valence-electron chi connectivity index (χ0n) is 18.6. The van der Waals surface area contributed by atoms with Crippen molar-refractivity contribution in [3.8, 4) is 0 Å². The lowest BCUT2D eigenvalue weighted by atomic mass is 10.0. The van der Waals surface area contributed by atoms with Crippen LogP contribution < -0.4 is 5.32 Å². The first-order valence-electron chi connectivity index (χ1n) is 10.9. The van der Waals surface area contributed by atoms with Crippen molar-refractivity contribution >= 4 is 23.4 Å². The minimum absolute atomic E-state index is 0.133. The summed E-state index contributed by atoms with van der Waals surface area (Å²) in [7, 11) is 0. The number of carbonyl (C=O) groups is 2. The summed E-state index contributed by atoms with van der Waals surface area (Å²) in [4.78, 5) is 28.4.